The molecular weight excluding hydrogens is 404 g/mol. The number of nitrogens with zero attached hydrogens (tertiary/aromatic N) is 1. The Kier molecular flexibility index (Phi) is 6.25. The highest BCUT2D eigenvalue weighted by Gasteiger charge is 2.47. The molecule has 3 unspecified atom stereocenters. The smallest absolute Gasteiger partial charge is 0.233 e. The molecule has 1 heterocycles. The van der Waals surface area contributed by atoms with Crippen molar-refractivity contribution in [2.24, 2.45) is 11.8 Å². The van der Waals surface area contributed by atoms with E-state index in [2.05, 4.69) is 0 Å². The number of aliphatic hydroxyl groups excluding tert-OH is 1. The summed E-state index contributed by atoms with van der Waals surface area (Å²) < 4.78 is 32.6. The Morgan fingerprint density at radius 1 is 0.871 bits per heavy atom. The van der Waals surface area contributed by atoms with E-state index < -0.39 is 23.8 Å². The third kappa shape index (κ3) is 4.57. The van der Waals surface area contributed by atoms with Crippen LogP contribution in [0, 0.1) is 23.5 Å². The third-order valence-electron chi connectivity index (χ3n) is 5.79. The van der Waals surface area contributed by atoms with Crippen LogP contribution < -0.4 is 0 Å². The van der Waals surface area contributed by atoms with Gasteiger partial charge >= 0.3 is 0 Å². The number of amides is 2. The van der Waals surface area contributed by atoms with Gasteiger partial charge in [-0.3, -0.25) is 14.5 Å². The number of halogens is 2. The summed E-state index contributed by atoms with van der Waals surface area (Å²) in [6.45, 7) is -0.311. The van der Waals surface area contributed by atoms with Gasteiger partial charge in [-0.15, -0.1) is 0 Å². The van der Waals surface area contributed by atoms with Gasteiger partial charge in [-0.2, -0.15) is 0 Å². The predicted molar refractivity (Wildman–Crippen MR) is 109 cm³/mol. The Morgan fingerprint density at radius 3 is 1.77 bits per heavy atom. The van der Waals surface area contributed by atoms with E-state index in [-0.39, 0.29) is 36.8 Å². The Balaban J connectivity index is 1.44. The summed E-state index contributed by atoms with van der Waals surface area (Å²) in [7, 11) is 0. The van der Waals surface area contributed by atoms with Crippen molar-refractivity contribution in [3.8, 4) is 0 Å². The predicted octanol–water partition coefficient (Wildman–Crippen LogP) is 3.38. The maximum absolute atomic E-state index is 13.3. The van der Waals surface area contributed by atoms with Crippen LogP contribution in [-0.2, 0) is 14.3 Å². The van der Waals surface area contributed by atoms with Gasteiger partial charge in [0.2, 0.25) is 11.8 Å². The number of allylic oxidation sites excluding steroid dienone is 2. The van der Waals surface area contributed by atoms with E-state index in [0.29, 0.717) is 24.0 Å². The number of benzene rings is 2. The highest BCUT2D eigenvalue weighted by atomic mass is 19.1. The number of hydrogen-bond acceptors (Lipinski definition) is 4. The molecule has 31 heavy (non-hydrogen) atoms. The molecule has 1 N–H and O–H groups in total. The highest BCUT2D eigenvalue weighted by molar-refractivity contribution is 6.05. The van der Waals surface area contributed by atoms with Gasteiger partial charge in [0.15, 0.2) is 0 Å². The minimum Gasteiger partial charge on any atom is -0.389 e. The molecule has 0 saturated carbocycles. The van der Waals surface area contributed by atoms with Crippen LogP contribution >= 0.6 is 0 Å². The molecule has 1 aliphatic heterocycles. The summed E-state index contributed by atoms with van der Waals surface area (Å²) in [4.78, 5) is 26.3. The second-order valence-corrected chi connectivity index (χ2v) is 7.91. The molecule has 5 nitrogen and oxygen atoms in total. The minimum atomic E-state index is -1.09. The maximum atomic E-state index is 13.3. The Hall–Kier alpha value is -2.90. The normalized spacial score (nSPS) is 21.6. The second kappa shape index (κ2) is 9.08. The van der Waals surface area contributed by atoms with E-state index in [4.69, 9.17) is 4.74 Å². The number of carbonyl (C=O) groups is 2. The molecule has 2 aromatic carbocycles. The molecule has 2 aliphatic rings. The molecule has 0 radical (unpaired) electrons. The number of aliphatic hydroxyl groups is 1. The lowest BCUT2D eigenvalue weighted by molar-refractivity contribution is -0.142. The molecule has 4 rings (SSSR count). The van der Waals surface area contributed by atoms with E-state index in [1.54, 1.807) is 24.3 Å². The molecular formula is C24H23F2NO4. The Morgan fingerprint density at radius 2 is 1.32 bits per heavy atom. The van der Waals surface area contributed by atoms with E-state index >= 15 is 0 Å². The fraction of sp³-hybridized carbons (Fsp3) is 0.333. The summed E-state index contributed by atoms with van der Waals surface area (Å²) in [5.74, 6) is -2.01. The average Bonchev–Trinajstić information content (AvgIpc) is 3.01. The number of rotatable bonds is 7. The summed E-state index contributed by atoms with van der Waals surface area (Å²) in [5.41, 5.74) is 1.26. The van der Waals surface area contributed by atoms with Gasteiger partial charge in [0, 0.05) is 0 Å². The van der Waals surface area contributed by atoms with Crippen molar-refractivity contribution in [2.75, 3.05) is 13.2 Å². The van der Waals surface area contributed by atoms with E-state index in [0.717, 1.165) is 4.90 Å². The zero-order valence-corrected chi connectivity index (χ0v) is 16.8. The minimum absolute atomic E-state index is 0.149. The molecule has 2 amide bonds. The summed E-state index contributed by atoms with van der Waals surface area (Å²) in [6.07, 6.45) is 3.12. The number of ether oxygens (including phenoxy) is 1. The molecule has 2 aromatic rings. The maximum Gasteiger partial charge on any atom is 0.233 e. The van der Waals surface area contributed by atoms with E-state index in [1.807, 2.05) is 12.2 Å². The summed E-state index contributed by atoms with van der Waals surface area (Å²) >= 11 is 0. The van der Waals surface area contributed by atoms with Crippen LogP contribution in [0.4, 0.5) is 8.78 Å². The quantitative estimate of drug-likeness (QED) is 0.544. The fourth-order valence-corrected chi connectivity index (χ4v) is 4.18. The standard InChI is InChI=1S/C24H23F2NO4/c25-17-9-5-15(6-10-17)22(16-7-11-18(26)12-8-16)31-14-19(28)13-27-23(29)20-3-1-2-4-21(20)24(27)30/h1-2,5-12,19-22,28H,3-4,13-14H2. The number of carbonyl (C=O) groups excluding carboxylic acids is 2. The zero-order valence-electron chi connectivity index (χ0n) is 16.8. The van der Waals surface area contributed by atoms with Crippen molar-refractivity contribution in [3.63, 3.8) is 0 Å². The van der Waals surface area contributed by atoms with Gasteiger partial charge in [0.25, 0.3) is 0 Å². The molecule has 0 bridgehead atoms. The zero-order chi connectivity index (χ0) is 22.0. The van der Waals surface area contributed by atoms with Gasteiger partial charge < -0.3 is 9.84 Å². The summed E-state index contributed by atoms with van der Waals surface area (Å²) in [6, 6.07) is 11.4. The first-order chi connectivity index (χ1) is 14.9. The highest BCUT2D eigenvalue weighted by Crippen LogP contribution is 2.35. The van der Waals surface area contributed by atoms with Crippen LogP contribution in [0.5, 0.6) is 0 Å². The molecule has 0 spiro atoms. The average molecular weight is 427 g/mol. The number of imide groups is 1. The van der Waals surface area contributed by atoms with Crippen molar-refractivity contribution in [3.05, 3.63) is 83.4 Å². The van der Waals surface area contributed by atoms with Crippen LogP contribution in [-0.4, -0.2) is 41.1 Å². The fourth-order valence-electron chi connectivity index (χ4n) is 4.18. The lowest BCUT2D eigenvalue weighted by Crippen LogP contribution is -2.39. The van der Waals surface area contributed by atoms with Crippen molar-refractivity contribution >= 4 is 11.8 Å². The van der Waals surface area contributed by atoms with Gasteiger partial charge in [0.05, 0.1) is 31.1 Å². The largest absolute Gasteiger partial charge is 0.389 e. The van der Waals surface area contributed by atoms with Crippen LogP contribution in [0.25, 0.3) is 0 Å². The van der Waals surface area contributed by atoms with Crippen LogP contribution in [0.1, 0.15) is 30.1 Å². The van der Waals surface area contributed by atoms with Crippen molar-refractivity contribution in [1.82, 2.24) is 4.90 Å². The first kappa shape index (κ1) is 21.3. The lowest BCUT2D eigenvalue weighted by atomic mass is 9.85. The number of hydrogen-bond donors (Lipinski definition) is 1. The molecule has 1 aliphatic carbocycles. The third-order valence-corrected chi connectivity index (χ3v) is 5.79. The monoisotopic (exact) mass is 427 g/mol. The van der Waals surface area contributed by atoms with Crippen LogP contribution in [0.3, 0.4) is 0 Å². The van der Waals surface area contributed by atoms with Crippen LogP contribution in [0.15, 0.2) is 60.7 Å². The van der Waals surface area contributed by atoms with Gasteiger partial charge in [-0.05, 0) is 48.2 Å². The first-order valence-corrected chi connectivity index (χ1v) is 10.2. The Labute approximate surface area is 178 Å². The number of fused-ring (bicyclic) bond motifs is 1. The number of likely N-dealkylation sites (tertiary alicyclic amines) is 1. The summed E-state index contributed by atoms with van der Waals surface area (Å²) in [5, 5.41) is 10.5. The second-order valence-electron chi connectivity index (χ2n) is 7.91. The topological polar surface area (TPSA) is 66.8 Å². The van der Waals surface area contributed by atoms with Crippen molar-refractivity contribution < 1.29 is 28.2 Å². The molecule has 7 heteroatoms. The van der Waals surface area contributed by atoms with E-state index in [9.17, 15) is 23.5 Å². The van der Waals surface area contributed by atoms with Crippen LogP contribution in [0.2, 0.25) is 0 Å². The SMILES string of the molecule is O=C1C2CC=CCC2C(=O)N1CC(O)COC(c1ccc(F)cc1)c1ccc(F)cc1. The van der Waals surface area contributed by atoms with Crippen molar-refractivity contribution in [2.45, 2.75) is 25.0 Å². The Bertz CT molecular complexity index is 903. The molecule has 0 aromatic heterocycles. The molecule has 1 saturated heterocycles. The van der Waals surface area contributed by atoms with E-state index in [1.165, 1.54) is 24.3 Å². The van der Waals surface area contributed by atoms with Gasteiger partial charge in [-0.1, -0.05) is 36.4 Å². The number of β-amino-alcohol motifs (C(OH)–C–C–N with tert-alkyl or cyclic N) is 1. The van der Waals surface area contributed by atoms with Gasteiger partial charge in [-0.25, -0.2) is 8.78 Å². The molecule has 3 atom stereocenters. The molecule has 1 fully saturated rings. The van der Waals surface area contributed by atoms with Crippen molar-refractivity contribution in [1.29, 1.82) is 0 Å². The lowest BCUT2D eigenvalue weighted by Gasteiger charge is -2.23. The first-order valence-electron chi connectivity index (χ1n) is 10.2. The van der Waals surface area contributed by atoms with Gasteiger partial charge in [0.1, 0.15) is 17.7 Å². The molecule has 162 valence electrons.